The first-order valence-electron chi connectivity index (χ1n) is 5.04. The van der Waals surface area contributed by atoms with Crippen LogP contribution >= 0.6 is 0 Å². The number of nitrogens with one attached hydrogen (secondary N) is 1. The van der Waals surface area contributed by atoms with Gasteiger partial charge in [-0.25, -0.2) is 4.98 Å². The molecule has 0 aromatic carbocycles. The lowest BCUT2D eigenvalue weighted by Crippen LogP contribution is -2.07. The number of hydrogen-bond donors (Lipinski definition) is 1. The van der Waals surface area contributed by atoms with E-state index < -0.39 is 5.95 Å². The molecule has 1 N–H and O–H groups in total. The molecule has 6 heteroatoms. The Hall–Kier alpha value is -1.98. The molecule has 0 fully saturated rings. The molecule has 2 rings (SSSR count). The second kappa shape index (κ2) is 5.20. The SMILES string of the molecule is Fc1cc(NCCCn2ccnn2)ccn1. The van der Waals surface area contributed by atoms with Gasteiger partial charge in [0, 0.05) is 37.2 Å². The predicted octanol–water partition coefficient (Wildman–Crippen LogP) is 1.31. The van der Waals surface area contributed by atoms with Crippen LogP contribution in [0.2, 0.25) is 0 Å². The highest BCUT2D eigenvalue weighted by atomic mass is 19.1. The Kier molecular flexibility index (Phi) is 3.42. The molecule has 0 aliphatic carbocycles. The molecule has 0 bridgehead atoms. The lowest BCUT2D eigenvalue weighted by Gasteiger charge is -2.05. The summed E-state index contributed by atoms with van der Waals surface area (Å²) in [5.74, 6) is -0.471. The van der Waals surface area contributed by atoms with Gasteiger partial charge < -0.3 is 5.32 Å². The maximum absolute atomic E-state index is 12.7. The second-order valence-corrected chi connectivity index (χ2v) is 3.31. The summed E-state index contributed by atoms with van der Waals surface area (Å²) in [4.78, 5) is 3.48. The zero-order valence-electron chi connectivity index (χ0n) is 8.67. The minimum atomic E-state index is -0.471. The molecule has 2 aromatic heterocycles. The van der Waals surface area contributed by atoms with Crippen LogP contribution in [-0.2, 0) is 6.54 Å². The molecule has 84 valence electrons. The number of hydrogen-bond acceptors (Lipinski definition) is 4. The van der Waals surface area contributed by atoms with E-state index in [2.05, 4.69) is 20.6 Å². The summed E-state index contributed by atoms with van der Waals surface area (Å²) in [5.41, 5.74) is 0.742. The van der Waals surface area contributed by atoms with Gasteiger partial charge in [-0.2, -0.15) is 4.39 Å². The van der Waals surface area contributed by atoms with Gasteiger partial charge in [0.05, 0.1) is 6.20 Å². The average molecular weight is 221 g/mol. The zero-order valence-corrected chi connectivity index (χ0v) is 8.67. The third-order valence-electron chi connectivity index (χ3n) is 2.09. The van der Waals surface area contributed by atoms with E-state index in [0.717, 1.165) is 25.2 Å². The van der Waals surface area contributed by atoms with Crippen LogP contribution in [0.25, 0.3) is 0 Å². The van der Waals surface area contributed by atoms with Crippen molar-refractivity contribution >= 4 is 5.69 Å². The molecule has 0 saturated carbocycles. The minimum absolute atomic E-state index is 0.471. The van der Waals surface area contributed by atoms with Crippen LogP contribution in [0.1, 0.15) is 6.42 Å². The van der Waals surface area contributed by atoms with Gasteiger partial charge in [0.25, 0.3) is 0 Å². The number of aromatic nitrogens is 4. The highest BCUT2D eigenvalue weighted by Crippen LogP contribution is 2.06. The molecule has 0 amide bonds. The molecular formula is C10H12FN5. The van der Waals surface area contributed by atoms with E-state index in [-0.39, 0.29) is 0 Å². The van der Waals surface area contributed by atoms with E-state index in [0.29, 0.717) is 0 Å². The maximum atomic E-state index is 12.7. The van der Waals surface area contributed by atoms with Crippen LogP contribution in [0, 0.1) is 5.95 Å². The molecule has 0 aliphatic heterocycles. The maximum Gasteiger partial charge on any atom is 0.214 e. The second-order valence-electron chi connectivity index (χ2n) is 3.31. The summed E-state index contributed by atoms with van der Waals surface area (Å²) in [5, 5.41) is 10.7. The van der Waals surface area contributed by atoms with E-state index in [4.69, 9.17) is 0 Å². The Labute approximate surface area is 92.3 Å². The minimum Gasteiger partial charge on any atom is -0.385 e. The van der Waals surface area contributed by atoms with Crippen molar-refractivity contribution in [3.05, 3.63) is 36.7 Å². The highest BCUT2D eigenvalue weighted by Gasteiger charge is 1.95. The Morgan fingerprint density at radius 1 is 1.38 bits per heavy atom. The zero-order chi connectivity index (χ0) is 11.2. The Morgan fingerprint density at radius 3 is 3.06 bits per heavy atom. The first-order valence-corrected chi connectivity index (χ1v) is 5.04. The van der Waals surface area contributed by atoms with Gasteiger partial charge in [-0.15, -0.1) is 5.10 Å². The molecule has 0 saturated heterocycles. The van der Waals surface area contributed by atoms with Gasteiger partial charge in [-0.3, -0.25) is 4.68 Å². The summed E-state index contributed by atoms with van der Waals surface area (Å²) in [6.07, 6.45) is 5.79. The molecule has 2 aromatic rings. The molecule has 0 aliphatic rings. The lowest BCUT2D eigenvalue weighted by molar-refractivity contribution is 0.568. The quantitative estimate of drug-likeness (QED) is 0.611. The van der Waals surface area contributed by atoms with Crippen molar-refractivity contribution in [2.75, 3.05) is 11.9 Å². The fourth-order valence-electron chi connectivity index (χ4n) is 1.34. The standard InChI is InChI=1S/C10H12FN5/c11-10-8-9(2-4-13-10)12-3-1-6-16-7-5-14-15-16/h2,4-5,7-8H,1,3,6H2,(H,12,13). The normalized spacial score (nSPS) is 10.3. The van der Waals surface area contributed by atoms with Crippen LogP contribution in [0.4, 0.5) is 10.1 Å². The molecule has 0 spiro atoms. The Bertz CT molecular complexity index is 429. The monoisotopic (exact) mass is 221 g/mol. The highest BCUT2D eigenvalue weighted by molar-refractivity contribution is 5.40. The smallest absolute Gasteiger partial charge is 0.214 e. The first-order chi connectivity index (χ1) is 7.84. The van der Waals surface area contributed by atoms with Crippen molar-refractivity contribution < 1.29 is 4.39 Å². The topological polar surface area (TPSA) is 55.6 Å². The molecule has 16 heavy (non-hydrogen) atoms. The third kappa shape index (κ3) is 3.01. The molecule has 5 nitrogen and oxygen atoms in total. The van der Waals surface area contributed by atoms with Gasteiger partial charge >= 0.3 is 0 Å². The van der Waals surface area contributed by atoms with Crippen molar-refractivity contribution in [3.63, 3.8) is 0 Å². The summed E-state index contributed by atoms with van der Waals surface area (Å²) in [6, 6.07) is 3.11. The molecular weight excluding hydrogens is 209 g/mol. The number of halogens is 1. The van der Waals surface area contributed by atoms with Gasteiger partial charge in [-0.05, 0) is 12.5 Å². The van der Waals surface area contributed by atoms with E-state index in [1.807, 2.05) is 6.20 Å². The number of anilines is 1. The number of nitrogens with zero attached hydrogens (tertiary/aromatic N) is 4. The van der Waals surface area contributed by atoms with E-state index in [1.54, 1.807) is 16.9 Å². The van der Waals surface area contributed by atoms with Crippen molar-refractivity contribution in [3.8, 4) is 0 Å². The summed E-state index contributed by atoms with van der Waals surface area (Å²) >= 11 is 0. The molecule has 0 unspecified atom stereocenters. The van der Waals surface area contributed by atoms with Crippen LogP contribution in [0.5, 0.6) is 0 Å². The van der Waals surface area contributed by atoms with E-state index in [9.17, 15) is 4.39 Å². The third-order valence-corrected chi connectivity index (χ3v) is 2.09. The lowest BCUT2D eigenvalue weighted by atomic mass is 10.3. The largest absolute Gasteiger partial charge is 0.385 e. The van der Waals surface area contributed by atoms with Gasteiger partial charge in [-0.1, -0.05) is 5.21 Å². The van der Waals surface area contributed by atoms with Crippen LogP contribution < -0.4 is 5.32 Å². The first kappa shape index (κ1) is 10.5. The van der Waals surface area contributed by atoms with E-state index >= 15 is 0 Å². The van der Waals surface area contributed by atoms with Crippen molar-refractivity contribution in [1.29, 1.82) is 0 Å². The Balaban J connectivity index is 1.72. The molecule has 0 radical (unpaired) electrons. The van der Waals surface area contributed by atoms with Crippen LogP contribution in [0.3, 0.4) is 0 Å². The Morgan fingerprint density at radius 2 is 2.31 bits per heavy atom. The molecule has 2 heterocycles. The summed E-state index contributed by atoms with van der Waals surface area (Å²) in [7, 11) is 0. The van der Waals surface area contributed by atoms with Crippen molar-refractivity contribution in [2.45, 2.75) is 13.0 Å². The predicted molar refractivity (Wildman–Crippen MR) is 57.3 cm³/mol. The van der Waals surface area contributed by atoms with Crippen LogP contribution in [-0.4, -0.2) is 26.5 Å². The molecule has 0 atom stereocenters. The van der Waals surface area contributed by atoms with Gasteiger partial charge in [0.15, 0.2) is 0 Å². The average Bonchev–Trinajstić information content (AvgIpc) is 2.77. The summed E-state index contributed by atoms with van der Waals surface area (Å²) in [6.45, 7) is 1.55. The van der Waals surface area contributed by atoms with Gasteiger partial charge in [0.1, 0.15) is 0 Å². The fraction of sp³-hybridized carbons (Fsp3) is 0.300. The van der Waals surface area contributed by atoms with Gasteiger partial charge in [0.2, 0.25) is 5.95 Å². The number of rotatable bonds is 5. The van der Waals surface area contributed by atoms with E-state index in [1.165, 1.54) is 12.3 Å². The van der Waals surface area contributed by atoms with Crippen LogP contribution in [0.15, 0.2) is 30.7 Å². The summed E-state index contributed by atoms with van der Waals surface area (Å²) < 4.78 is 14.5. The van der Waals surface area contributed by atoms with Crippen molar-refractivity contribution in [2.24, 2.45) is 0 Å². The van der Waals surface area contributed by atoms with Crippen molar-refractivity contribution in [1.82, 2.24) is 20.0 Å². The number of aryl methyl sites for hydroxylation is 1. The fourth-order valence-corrected chi connectivity index (χ4v) is 1.34. The number of pyridine rings is 1.